The minimum Gasteiger partial charge on any atom is -0.492 e. The summed E-state index contributed by atoms with van der Waals surface area (Å²) < 4.78 is 17.3. The fraction of sp³-hybridized carbons (Fsp3) is 0.708. The Bertz CT molecular complexity index is 623. The Morgan fingerprint density at radius 1 is 1.12 bits per heavy atom. The Balaban J connectivity index is 0.00000512. The van der Waals surface area contributed by atoms with E-state index in [1.165, 1.54) is 0 Å². The summed E-state index contributed by atoms with van der Waals surface area (Å²) in [5.41, 5.74) is 1.13. The zero-order valence-corrected chi connectivity index (χ0v) is 22.4. The Kier molecular flexibility index (Phi) is 16.6. The van der Waals surface area contributed by atoms with Crippen LogP contribution in [0.5, 0.6) is 5.75 Å². The fourth-order valence-corrected chi connectivity index (χ4v) is 3.56. The molecule has 1 aromatic carbocycles. The van der Waals surface area contributed by atoms with E-state index in [-0.39, 0.29) is 24.0 Å². The normalized spacial score (nSPS) is 14.8. The van der Waals surface area contributed by atoms with E-state index in [1.807, 2.05) is 18.2 Å². The second kappa shape index (κ2) is 18.3. The molecule has 1 saturated heterocycles. The Labute approximate surface area is 211 Å². The van der Waals surface area contributed by atoms with Gasteiger partial charge in [-0.2, -0.15) is 0 Å². The Morgan fingerprint density at radius 2 is 1.88 bits per heavy atom. The van der Waals surface area contributed by atoms with E-state index in [9.17, 15) is 0 Å². The van der Waals surface area contributed by atoms with Gasteiger partial charge in [-0.3, -0.25) is 4.99 Å². The lowest BCUT2D eigenvalue weighted by atomic mass is 10.0. The summed E-state index contributed by atoms with van der Waals surface area (Å²) in [6.07, 6.45) is 3.19. The molecular weight excluding hydrogens is 519 g/mol. The molecule has 8 heteroatoms. The summed E-state index contributed by atoms with van der Waals surface area (Å²) >= 11 is 0. The van der Waals surface area contributed by atoms with E-state index >= 15 is 0 Å². The van der Waals surface area contributed by atoms with Crippen LogP contribution in [-0.2, 0) is 16.0 Å². The van der Waals surface area contributed by atoms with Gasteiger partial charge >= 0.3 is 0 Å². The van der Waals surface area contributed by atoms with E-state index in [4.69, 9.17) is 14.2 Å². The molecule has 1 aliphatic rings. The number of aliphatic imine (C=N–C) groups is 1. The number of guanidine groups is 1. The standard InChI is InChI=1S/C24H42N4O3.HI/c1-4-28(5-2)14-18-31-23-10-7-6-9-22(23)19-27-24(25-3)26-13-8-15-30-20-21-11-16-29-17-12-21;/h6-7,9-10,21H,4-5,8,11-20H2,1-3H3,(H2,25,26,27);1H. The number of nitrogens with one attached hydrogen (secondary N) is 2. The zero-order valence-electron chi connectivity index (χ0n) is 20.1. The molecule has 0 bridgehead atoms. The molecule has 0 radical (unpaired) electrons. The van der Waals surface area contributed by atoms with Gasteiger partial charge in [0.2, 0.25) is 0 Å². The number of halogens is 1. The van der Waals surface area contributed by atoms with Crippen LogP contribution in [-0.4, -0.2) is 77.1 Å². The average molecular weight is 563 g/mol. The van der Waals surface area contributed by atoms with Gasteiger partial charge in [0, 0.05) is 58.7 Å². The first-order valence-electron chi connectivity index (χ1n) is 11.8. The second-order valence-corrected chi connectivity index (χ2v) is 7.82. The summed E-state index contributed by atoms with van der Waals surface area (Å²) in [4.78, 5) is 6.68. The Hall–Kier alpha value is -1.10. The first kappa shape index (κ1) is 28.9. The molecule has 1 heterocycles. The van der Waals surface area contributed by atoms with Crippen LogP contribution in [0.25, 0.3) is 0 Å². The van der Waals surface area contributed by atoms with Crippen molar-refractivity contribution >= 4 is 29.9 Å². The molecular formula is C24H43IN4O3. The lowest BCUT2D eigenvalue weighted by Gasteiger charge is -2.21. The summed E-state index contributed by atoms with van der Waals surface area (Å²) in [5.74, 6) is 2.38. The van der Waals surface area contributed by atoms with Gasteiger partial charge in [-0.15, -0.1) is 24.0 Å². The van der Waals surface area contributed by atoms with Crippen LogP contribution in [0.15, 0.2) is 29.3 Å². The van der Waals surface area contributed by atoms with Crippen molar-refractivity contribution in [3.63, 3.8) is 0 Å². The van der Waals surface area contributed by atoms with Gasteiger partial charge < -0.3 is 29.7 Å². The second-order valence-electron chi connectivity index (χ2n) is 7.82. The molecule has 184 valence electrons. The van der Waals surface area contributed by atoms with Crippen LogP contribution in [0, 0.1) is 5.92 Å². The fourth-order valence-electron chi connectivity index (χ4n) is 3.56. The van der Waals surface area contributed by atoms with Gasteiger partial charge in [-0.1, -0.05) is 32.0 Å². The van der Waals surface area contributed by atoms with Crippen molar-refractivity contribution in [3.05, 3.63) is 29.8 Å². The van der Waals surface area contributed by atoms with Crippen LogP contribution >= 0.6 is 24.0 Å². The molecule has 32 heavy (non-hydrogen) atoms. The highest BCUT2D eigenvalue weighted by molar-refractivity contribution is 14.0. The predicted molar refractivity (Wildman–Crippen MR) is 142 cm³/mol. The van der Waals surface area contributed by atoms with Crippen LogP contribution in [0.2, 0.25) is 0 Å². The maximum Gasteiger partial charge on any atom is 0.191 e. The quantitative estimate of drug-likeness (QED) is 0.157. The van der Waals surface area contributed by atoms with E-state index in [1.54, 1.807) is 7.05 Å². The molecule has 0 spiro atoms. The maximum absolute atomic E-state index is 6.05. The van der Waals surface area contributed by atoms with Crippen molar-refractivity contribution in [3.8, 4) is 5.75 Å². The number of para-hydroxylation sites is 1. The summed E-state index contributed by atoms with van der Waals surface area (Å²) in [6, 6.07) is 8.19. The SMILES string of the molecule is CCN(CC)CCOc1ccccc1CNC(=NC)NCCCOCC1CCOCC1.I. The van der Waals surface area contributed by atoms with Crippen molar-refractivity contribution in [1.82, 2.24) is 15.5 Å². The highest BCUT2D eigenvalue weighted by Crippen LogP contribution is 2.17. The first-order valence-corrected chi connectivity index (χ1v) is 11.8. The predicted octanol–water partition coefficient (Wildman–Crippen LogP) is 3.52. The Morgan fingerprint density at radius 3 is 2.59 bits per heavy atom. The minimum absolute atomic E-state index is 0. The van der Waals surface area contributed by atoms with Crippen LogP contribution in [0.3, 0.4) is 0 Å². The molecule has 0 amide bonds. The number of nitrogens with zero attached hydrogens (tertiary/aromatic N) is 2. The monoisotopic (exact) mass is 562 g/mol. The van der Waals surface area contributed by atoms with Gasteiger partial charge in [0.15, 0.2) is 5.96 Å². The number of rotatable bonds is 14. The third kappa shape index (κ3) is 11.7. The summed E-state index contributed by atoms with van der Waals surface area (Å²) in [7, 11) is 1.80. The minimum atomic E-state index is 0. The van der Waals surface area contributed by atoms with Crippen LogP contribution in [0.4, 0.5) is 0 Å². The molecule has 7 nitrogen and oxygen atoms in total. The molecule has 1 fully saturated rings. The first-order chi connectivity index (χ1) is 15.3. The third-order valence-corrected chi connectivity index (χ3v) is 5.65. The lowest BCUT2D eigenvalue weighted by Crippen LogP contribution is -2.37. The molecule has 2 rings (SSSR count). The maximum atomic E-state index is 6.05. The lowest BCUT2D eigenvalue weighted by molar-refractivity contribution is 0.0203. The number of ether oxygens (including phenoxy) is 3. The van der Waals surface area contributed by atoms with Crippen molar-refractivity contribution in [2.75, 3.05) is 66.3 Å². The number of likely N-dealkylation sites (N-methyl/N-ethyl adjacent to an activating group) is 1. The molecule has 0 aliphatic carbocycles. The molecule has 0 atom stereocenters. The van der Waals surface area contributed by atoms with Gasteiger partial charge in [0.05, 0.1) is 0 Å². The zero-order chi connectivity index (χ0) is 22.2. The average Bonchev–Trinajstić information content (AvgIpc) is 2.82. The van der Waals surface area contributed by atoms with Gasteiger partial charge in [0.1, 0.15) is 12.4 Å². The van der Waals surface area contributed by atoms with Crippen LogP contribution in [0.1, 0.15) is 38.7 Å². The van der Waals surface area contributed by atoms with Gasteiger partial charge in [0.25, 0.3) is 0 Å². The van der Waals surface area contributed by atoms with E-state index in [0.717, 1.165) is 89.1 Å². The number of benzene rings is 1. The highest BCUT2D eigenvalue weighted by atomic mass is 127. The molecule has 0 aromatic heterocycles. The topological polar surface area (TPSA) is 67.4 Å². The van der Waals surface area contributed by atoms with Crippen molar-refractivity contribution in [2.24, 2.45) is 10.9 Å². The highest BCUT2D eigenvalue weighted by Gasteiger charge is 2.13. The molecule has 0 unspecified atom stereocenters. The van der Waals surface area contributed by atoms with Gasteiger partial charge in [-0.25, -0.2) is 0 Å². The van der Waals surface area contributed by atoms with E-state index in [0.29, 0.717) is 19.1 Å². The smallest absolute Gasteiger partial charge is 0.191 e. The van der Waals surface area contributed by atoms with E-state index < -0.39 is 0 Å². The van der Waals surface area contributed by atoms with Crippen molar-refractivity contribution < 1.29 is 14.2 Å². The largest absolute Gasteiger partial charge is 0.492 e. The van der Waals surface area contributed by atoms with E-state index in [2.05, 4.69) is 40.4 Å². The number of hydrogen-bond acceptors (Lipinski definition) is 5. The summed E-state index contributed by atoms with van der Waals surface area (Å²) in [6.45, 7) is 13.0. The molecule has 0 saturated carbocycles. The van der Waals surface area contributed by atoms with Crippen LogP contribution < -0.4 is 15.4 Å². The van der Waals surface area contributed by atoms with Crippen molar-refractivity contribution in [2.45, 2.75) is 39.7 Å². The van der Waals surface area contributed by atoms with Gasteiger partial charge in [-0.05, 0) is 44.3 Å². The summed E-state index contributed by atoms with van der Waals surface area (Å²) in [5, 5.41) is 6.75. The number of hydrogen-bond donors (Lipinski definition) is 2. The molecule has 1 aromatic rings. The molecule has 1 aliphatic heterocycles. The van der Waals surface area contributed by atoms with Crippen molar-refractivity contribution in [1.29, 1.82) is 0 Å². The molecule has 2 N–H and O–H groups in total. The third-order valence-electron chi connectivity index (χ3n) is 5.65.